The van der Waals surface area contributed by atoms with Crippen LogP contribution in [0.3, 0.4) is 0 Å². The lowest BCUT2D eigenvalue weighted by Crippen LogP contribution is -2.36. The third-order valence-electron chi connectivity index (χ3n) is 5.15. The van der Waals surface area contributed by atoms with Gasteiger partial charge in [0.15, 0.2) is 0 Å². The third-order valence-corrected chi connectivity index (χ3v) is 6.69. The van der Waals surface area contributed by atoms with Gasteiger partial charge < -0.3 is 4.90 Å². The zero-order chi connectivity index (χ0) is 20.4. The highest BCUT2D eigenvalue weighted by Crippen LogP contribution is 2.24. The second-order valence-corrected chi connectivity index (χ2v) is 8.85. The van der Waals surface area contributed by atoms with Crippen molar-refractivity contribution in [3.05, 3.63) is 83.2 Å². The monoisotopic (exact) mass is 410 g/mol. The van der Waals surface area contributed by atoms with E-state index in [4.69, 9.17) is 0 Å². The molecule has 0 aliphatic carbocycles. The van der Waals surface area contributed by atoms with Gasteiger partial charge in [-0.25, -0.2) is 13.1 Å². The molecule has 150 valence electrons. The molecule has 0 fully saturated rings. The molecule has 2 heterocycles. The van der Waals surface area contributed by atoms with Crippen molar-refractivity contribution in [1.82, 2.24) is 19.8 Å². The molecule has 1 aliphatic heterocycles. The van der Waals surface area contributed by atoms with E-state index < -0.39 is 10.0 Å². The molecule has 2 aromatic carbocycles. The van der Waals surface area contributed by atoms with Crippen LogP contribution in [-0.2, 0) is 23.0 Å². The number of nitrogens with one attached hydrogen (secondary N) is 2. The number of carbonyl (C=O) groups excluding carboxylic acids is 1. The summed E-state index contributed by atoms with van der Waals surface area (Å²) in [6.45, 7) is 2.80. The molecular formula is C21H22N4O3S. The summed E-state index contributed by atoms with van der Waals surface area (Å²) >= 11 is 0. The summed E-state index contributed by atoms with van der Waals surface area (Å²) in [5, 5.41) is 6.51. The number of aromatic nitrogens is 2. The first-order valence-electron chi connectivity index (χ1n) is 9.42. The molecule has 4 rings (SSSR count). The number of fused-ring (bicyclic) bond motifs is 1. The number of nitrogens with zero attached hydrogens (tertiary/aromatic N) is 2. The van der Waals surface area contributed by atoms with E-state index in [1.54, 1.807) is 35.4 Å². The van der Waals surface area contributed by atoms with Crippen LogP contribution in [0.2, 0.25) is 0 Å². The van der Waals surface area contributed by atoms with Gasteiger partial charge in [-0.15, -0.1) is 0 Å². The molecule has 0 unspecified atom stereocenters. The number of hydrogen-bond donors (Lipinski definition) is 2. The first kappa shape index (κ1) is 19.4. The van der Waals surface area contributed by atoms with Crippen LogP contribution in [0.5, 0.6) is 0 Å². The second kappa shape index (κ2) is 7.81. The summed E-state index contributed by atoms with van der Waals surface area (Å²) in [6.07, 6.45) is 2.15. The van der Waals surface area contributed by atoms with E-state index in [9.17, 15) is 13.2 Å². The summed E-state index contributed by atoms with van der Waals surface area (Å²) in [6, 6.07) is 15.9. The SMILES string of the molecule is C[C@H](NS(=O)(=O)c1ccc2c(c1)CCN(C(=O)c1ccn[nH]1)C2)c1ccccc1. The minimum Gasteiger partial charge on any atom is -0.333 e. The number of sulfonamides is 1. The minimum absolute atomic E-state index is 0.108. The highest BCUT2D eigenvalue weighted by atomic mass is 32.2. The van der Waals surface area contributed by atoms with Crippen LogP contribution in [0.25, 0.3) is 0 Å². The molecule has 2 N–H and O–H groups in total. The maximum absolute atomic E-state index is 12.8. The second-order valence-electron chi connectivity index (χ2n) is 7.13. The first-order valence-corrected chi connectivity index (χ1v) is 10.9. The van der Waals surface area contributed by atoms with Gasteiger partial charge in [0.05, 0.1) is 4.90 Å². The minimum atomic E-state index is -3.65. The van der Waals surface area contributed by atoms with Crippen molar-refractivity contribution in [3.63, 3.8) is 0 Å². The quantitative estimate of drug-likeness (QED) is 0.676. The molecule has 1 atom stereocenters. The third kappa shape index (κ3) is 4.08. The van der Waals surface area contributed by atoms with Crippen molar-refractivity contribution in [2.75, 3.05) is 6.54 Å². The van der Waals surface area contributed by atoms with Gasteiger partial charge in [0.1, 0.15) is 5.69 Å². The predicted octanol–water partition coefficient (Wildman–Crippen LogP) is 2.65. The number of H-pyrrole nitrogens is 1. The van der Waals surface area contributed by atoms with Gasteiger partial charge in [0.2, 0.25) is 10.0 Å². The van der Waals surface area contributed by atoms with Crippen molar-refractivity contribution in [2.24, 2.45) is 0 Å². The highest BCUT2D eigenvalue weighted by molar-refractivity contribution is 7.89. The van der Waals surface area contributed by atoms with Crippen LogP contribution in [0, 0.1) is 0 Å². The van der Waals surface area contributed by atoms with Crippen molar-refractivity contribution >= 4 is 15.9 Å². The topological polar surface area (TPSA) is 95.2 Å². The molecule has 1 amide bonds. The molecule has 0 radical (unpaired) electrons. The number of aromatic amines is 1. The van der Waals surface area contributed by atoms with Crippen molar-refractivity contribution < 1.29 is 13.2 Å². The molecule has 0 spiro atoms. The molecule has 8 heteroatoms. The van der Waals surface area contributed by atoms with Crippen molar-refractivity contribution in [2.45, 2.75) is 30.8 Å². The summed E-state index contributed by atoms with van der Waals surface area (Å²) in [4.78, 5) is 14.5. The maximum Gasteiger partial charge on any atom is 0.272 e. The van der Waals surface area contributed by atoms with Crippen LogP contribution >= 0.6 is 0 Å². The smallest absolute Gasteiger partial charge is 0.272 e. The van der Waals surface area contributed by atoms with Gasteiger partial charge in [-0.05, 0) is 48.2 Å². The van der Waals surface area contributed by atoms with Gasteiger partial charge in [-0.2, -0.15) is 5.10 Å². The fourth-order valence-corrected chi connectivity index (χ4v) is 4.81. The summed E-state index contributed by atoms with van der Waals surface area (Å²) in [5.41, 5.74) is 3.27. The number of amides is 1. The van der Waals surface area contributed by atoms with Crippen LogP contribution in [0.15, 0.2) is 65.7 Å². The van der Waals surface area contributed by atoms with E-state index in [0.29, 0.717) is 25.2 Å². The van der Waals surface area contributed by atoms with Gasteiger partial charge in [-0.1, -0.05) is 36.4 Å². The molecule has 0 saturated heterocycles. The average molecular weight is 410 g/mol. The Morgan fingerprint density at radius 2 is 1.93 bits per heavy atom. The largest absolute Gasteiger partial charge is 0.333 e. The fourth-order valence-electron chi connectivity index (χ4n) is 3.53. The van der Waals surface area contributed by atoms with Crippen molar-refractivity contribution in [1.29, 1.82) is 0 Å². The molecule has 1 aliphatic rings. The van der Waals surface area contributed by atoms with E-state index in [0.717, 1.165) is 16.7 Å². The molecule has 0 saturated carbocycles. The van der Waals surface area contributed by atoms with Gasteiger partial charge in [0.25, 0.3) is 5.91 Å². The fraction of sp³-hybridized carbons (Fsp3) is 0.238. The van der Waals surface area contributed by atoms with Gasteiger partial charge in [0, 0.05) is 25.3 Å². The zero-order valence-electron chi connectivity index (χ0n) is 16.0. The molecule has 1 aromatic heterocycles. The molecule has 3 aromatic rings. The Balaban J connectivity index is 1.51. The molecule has 29 heavy (non-hydrogen) atoms. The highest BCUT2D eigenvalue weighted by Gasteiger charge is 2.25. The standard InChI is InChI=1S/C21H22N4O3S/c1-15(16-5-3-2-4-6-16)24-29(27,28)19-8-7-18-14-25(12-10-17(18)13-19)21(26)20-9-11-22-23-20/h2-9,11,13,15,24H,10,12,14H2,1H3,(H,22,23)/t15-/m0/s1. The lowest BCUT2D eigenvalue weighted by atomic mass is 9.99. The Kier molecular flexibility index (Phi) is 5.21. The number of rotatable bonds is 5. The van der Waals surface area contributed by atoms with E-state index in [-0.39, 0.29) is 16.8 Å². The van der Waals surface area contributed by atoms with Crippen LogP contribution in [-0.4, -0.2) is 36.0 Å². The molecule has 7 nitrogen and oxygen atoms in total. The van der Waals surface area contributed by atoms with Crippen LogP contribution in [0.4, 0.5) is 0 Å². The average Bonchev–Trinajstić information content (AvgIpc) is 3.27. The van der Waals surface area contributed by atoms with Crippen molar-refractivity contribution in [3.8, 4) is 0 Å². The van der Waals surface area contributed by atoms with E-state index in [2.05, 4.69) is 14.9 Å². The van der Waals surface area contributed by atoms with E-state index >= 15 is 0 Å². The Labute approximate surface area is 169 Å². The number of hydrogen-bond acceptors (Lipinski definition) is 4. The Hall–Kier alpha value is -2.97. The molecular weight excluding hydrogens is 388 g/mol. The van der Waals surface area contributed by atoms with Gasteiger partial charge >= 0.3 is 0 Å². The van der Waals surface area contributed by atoms with Crippen LogP contribution in [0.1, 0.15) is 40.1 Å². The summed E-state index contributed by atoms with van der Waals surface area (Å²) < 4.78 is 28.4. The normalized spacial score (nSPS) is 15.0. The lowest BCUT2D eigenvalue weighted by molar-refractivity contribution is 0.0728. The van der Waals surface area contributed by atoms with E-state index in [1.807, 2.05) is 37.3 Å². The zero-order valence-corrected chi connectivity index (χ0v) is 16.8. The maximum atomic E-state index is 12.8. The summed E-state index contributed by atoms with van der Waals surface area (Å²) in [7, 11) is -3.65. The number of carbonyl (C=O) groups is 1. The van der Waals surface area contributed by atoms with Crippen LogP contribution < -0.4 is 4.72 Å². The Morgan fingerprint density at radius 3 is 2.66 bits per heavy atom. The van der Waals surface area contributed by atoms with Gasteiger partial charge in [-0.3, -0.25) is 9.89 Å². The Morgan fingerprint density at radius 1 is 1.14 bits per heavy atom. The first-order chi connectivity index (χ1) is 13.9. The molecule has 0 bridgehead atoms. The lowest BCUT2D eigenvalue weighted by Gasteiger charge is -2.29. The summed E-state index contributed by atoms with van der Waals surface area (Å²) in [5.74, 6) is -0.108. The van der Waals surface area contributed by atoms with E-state index in [1.165, 1.54) is 0 Å². The predicted molar refractivity (Wildman–Crippen MR) is 109 cm³/mol. The number of benzene rings is 2. The Bertz CT molecular complexity index is 1110.